The molecule has 14 heteroatoms. The maximum absolute atomic E-state index is 13.7. The molecule has 1 amide bonds. The van der Waals surface area contributed by atoms with E-state index in [-0.39, 0.29) is 52.6 Å². The zero-order valence-electron chi connectivity index (χ0n) is 22.5. The van der Waals surface area contributed by atoms with Gasteiger partial charge in [0.1, 0.15) is 18.1 Å². The van der Waals surface area contributed by atoms with Crippen LogP contribution in [0.2, 0.25) is 61.4 Å². The van der Waals surface area contributed by atoms with E-state index >= 15 is 0 Å². The second-order valence-electron chi connectivity index (χ2n) is 10.9. The van der Waals surface area contributed by atoms with E-state index in [0.717, 1.165) is 12.1 Å². The zero-order valence-corrected chi connectivity index (χ0v) is 26.9. The molecule has 0 saturated heterocycles. The Labute approximate surface area is 236 Å². The maximum Gasteiger partial charge on any atom is 0.530 e. The molecule has 210 valence electrons. The fourth-order valence-corrected chi connectivity index (χ4v) is 6.22. The van der Waals surface area contributed by atoms with Crippen LogP contribution in [-0.4, -0.2) is 46.7 Å². The number of nitrogens with one attached hydrogen (secondary N) is 1. The summed E-state index contributed by atoms with van der Waals surface area (Å²) in [6.07, 6.45) is 1.06. The summed E-state index contributed by atoms with van der Waals surface area (Å²) >= 11 is 12.6. The minimum atomic E-state index is -4.05. The lowest BCUT2D eigenvalue weighted by Crippen LogP contribution is -2.23. The minimum absolute atomic E-state index is 0.0427. The molecule has 1 N–H and O–H groups in total. The second kappa shape index (κ2) is 14.1. The predicted molar refractivity (Wildman–Crippen MR) is 156 cm³/mol. The van der Waals surface area contributed by atoms with Crippen molar-refractivity contribution >= 4 is 65.2 Å². The third-order valence-corrected chi connectivity index (χ3v) is 10.8. The van der Waals surface area contributed by atoms with Crippen molar-refractivity contribution in [2.45, 2.75) is 58.0 Å². The number of ether oxygens (including phenoxy) is 1. The molecule has 1 heterocycles. The zero-order chi connectivity index (χ0) is 28.6. The fourth-order valence-electron chi connectivity index (χ4n) is 2.83. The number of carbonyl (C=O) groups excluding carboxylic acids is 2. The number of aldehydes is 1. The summed E-state index contributed by atoms with van der Waals surface area (Å²) in [6, 6.07) is 7.52. The van der Waals surface area contributed by atoms with Gasteiger partial charge in [-0.05, 0) is 36.4 Å². The van der Waals surface area contributed by atoms with Crippen LogP contribution >= 0.6 is 31.0 Å². The van der Waals surface area contributed by atoms with Gasteiger partial charge in [-0.3, -0.25) is 24.1 Å². The maximum atomic E-state index is 13.7. The van der Waals surface area contributed by atoms with Crippen LogP contribution < -0.4 is 9.84 Å². The summed E-state index contributed by atoms with van der Waals surface area (Å²) in [4.78, 5) is 27.5. The number of pyridine rings is 1. The highest BCUT2D eigenvalue weighted by Gasteiger charge is 2.32. The number of hydrogen-bond donors (Lipinski definition) is 1. The lowest BCUT2D eigenvalue weighted by atomic mass is 10.2. The van der Waals surface area contributed by atoms with E-state index in [1.54, 1.807) is 6.07 Å². The quantitative estimate of drug-likeness (QED) is 0.128. The van der Waals surface area contributed by atoms with Crippen molar-refractivity contribution in [1.29, 1.82) is 0 Å². The highest BCUT2D eigenvalue weighted by atomic mass is 35.5. The number of carbonyl (C=O) groups is 2. The first-order valence-electron chi connectivity index (χ1n) is 12.0. The van der Waals surface area contributed by atoms with Gasteiger partial charge in [-0.15, -0.1) is 0 Å². The Balaban J connectivity index is 2.23. The summed E-state index contributed by atoms with van der Waals surface area (Å²) in [6.45, 7) is 13.1. The summed E-state index contributed by atoms with van der Waals surface area (Å²) in [7, 11) is -7.01. The van der Waals surface area contributed by atoms with Crippen LogP contribution in [-0.2, 0) is 25.0 Å². The third kappa shape index (κ3) is 11.2. The molecule has 0 atom stereocenters. The summed E-state index contributed by atoms with van der Waals surface area (Å²) in [5.74, 6) is 0.0477. The Kier molecular flexibility index (Phi) is 12.0. The van der Waals surface area contributed by atoms with Gasteiger partial charge in [0.2, 0.25) is 0 Å². The lowest BCUT2D eigenvalue weighted by molar-refractivity contribution is 0.111. The molecular formula is C24H35Cl2N2O7PSi2. The van der Waals surface area contributed by atoms with Crippen LogP contribution in [0.3, 0.4) is 0 Å². The summed E-state index contributed by atoms with van der Waals surface area (Å²) in [5, 5.41) is 2.69. The average molecular weight is 622 g/mol. The molecule has 0 aliphatic rings. The molecule has 0 aliphatic carbocycles. The first kappa shape index (κ1) is 32.5. The van der Waals surface area contributed by atoms with Crippen LogP contribution in [0.1, 0.15) is 16.1 Å². The predicted octanol–water partition coefficient (Wildman–Crippen LogP) is 8.15. The van der Waals surface area contributed by atoms with E-state index in [0.29, 0.717) is 6.29 Å². The van der Waals surface area contributed by atoms with Crippen molar-refractivity contribution in [3.8, 4) is 5.75 Å². The Hall–Kier alpha value is -1.73. The molecule has 38 heavy (non-hydrogen) atoms. The van der Waals surface area contributed by atoms with Crippen molar-refractivity contribution < 1.29 is 32.5 Å². The van der Waals surface area contributed by atoms with E-state index in [9.17, 15) is 14.2 Å². The van der Waals surface area contributed by atoms with Crippen LogP contribution in [0.4, 0.5) is 10.5 Å². The van der Waals surface area contributed by atoms with Gasteiger partial charge in [0, 0.05) is 22.3 Å². The second-order valence-corrected chi connectivity index (χ2v) is 24.5. The monoisotopic (exact) mass is 620 g/mol. The highest BCUT2D eigenvalue weighted by Crippen LogP contribution is 2.52. The van der Waals surface area contributed by atoms with Crippen LogP contribution in [0, 0.1) is 0 Å². The number of nitrogens with zero attached hydrogens (tertiary/aromatic N) is 1. The number of benzene rings is 1. The standard InChI is InChI=1S/C24H35Cl2N2O7PSi2/c1-37(2,3)14-12-33-36(31,34-13-15-38(4,5)6)35-22-10-9-19(25)23(26)18(22)17-32-24(30)28-20-8-7-11-27-21(20)16-29/h7-11,16H,12-15,17H2,1-6H3,(H,28,30). The Morgan fingerprint density at radius 2 is 1.63 bits per heavy atom. The van der Waals surface area contributed by atoms with Crippen LogP contribution in [0.15, 0.2) is 30.5 Å². The molecule has 9 nitrogen and oxygen atoms in total. The van der Waals surface area contributed by atoms with Crippen LogP contribution in [0.25, 0.3) is 0 Å². The highest BCUT2D eigenvalue weighted by molar-refractivity contribution is 7.49. The lowest BCUT2D eigenvalue weighted by Gasteiger charge is -2.24. The van der Waals surface area contributed by atoms with Crippen molar-refractivity contribution in [2.24, 2.45) is 0 Å². The van der Waals surface area contributed by atoms with Crippen molar-refractivity contribution in [3.63, 3.8) is 0 Å². The van der Waals surface area contributed by atoms with Gasteiger partial charge < -0.3 is 9.26 Å². The van der Waals surface area contributed by atoms with Gasteiger partial charge >= 0.3 is 13.9 Å². The third-order valence-electron chi connectivity index (χ3n) is 5.10. The molecule has 1 aromatic heterocycles. The number of phosphoric ester groups is 1. The molecule has 0 aliphatic heterocycles. The molecule has 0 bridgehead atoms. The number of rotatable bonds is 14. The largest absolute Gasteiger partial charge is 0.530 e. The smallest absolute Gasteiger partial charge is 0.444 e. The van der Waals surface area contributed by atoms with Gasteiger partial charge in [0.25, 0.3) is 0 Å². The van der Waals surface area contributed by atoms with Gasteiger partial charge in [-0.25, -0.2) is 9.36 Å². The molecule has 2 aromatic rings. The number of aromatic nitrogens is 1. The van der Waals surface area contributed by atoms with E-state index in [1.165, 1.54) is 24.4 Å². The van der Waals surface area contributed by atoms with Crippen molar-refractivity contribution in [3.05, 3.63) is 51.8 Å². The van der Waals surface area contributed by atoms with Gasteiger partial charge in [-0.2, -0.15) is 0 Å². The molecule has 2 rings (SSSR count). The first-order chi connectivity index (χ1) is 17.6. The average Bonchev–Trinajstić information content (AvgIpc) is 2.80. The van der Waals surface area contributed by atoms with Crippen molar-refractivity contribution in [2.75, 3.05) is 18.5 Å². The van der Waals surface area contributed by atoms with Crippen LogP contribution in [0.5, 0.6) is 5.75 Å². The molecule has 0 fully saturated rings. The fraction of sp³-hybridized carbons (Fsp3) is 0.458. The SMILES string of the molecule is C[Si](C)(C)CCOP(=O)(OCC[Si](C)(C)C)Oc1ccc(Cl)c(Cl)c1COC(=O)Nc1cccnc1C=O. The molecule has 0 saturated carbocycles. The van der Waals surface area contributed by atoms with Crippen molar-refractivity contribution in [1.82, 2.24) is 4.98 Å². The van der Waals surface area contributed by atoms with Gasteiger partial charge in [-0.1, -0.05) is 62.5 Å². The van der Waals surface area contributed by atoms with E-state index < -0.39 is 30.1 Å². The Morgan fingerprint density at radius 1 is 1.03 bits per heavy atom. The number of amides is 1. The number of halogens is 2. The molecule has 0 spiro atoms. The normalized spacial score (nSPS) is 12.2. The van der Waals surface area contributed by atoms with Gasteiger partial charge in [0.15, 0.2) is 6.29 Å². The summed E-state index contributed by atoms with van der Waals surface area (Å²) in [5.41, 5.74) is 0.400. The Bertz CT molecular complexity index is 1150. The minimum Gasteiger partial charge on any atom is -0.444 e. The first-order valence-corrected chi connectivity index (χ1v) is 21.7. The number of anilines is 1. The number of hydrogen-bond acceptors (Lipinski definition) is 8. The summed E-state index contributed by atoms with van der Waals surface area (Å²) < 4.78 is 36.2. The molecule has 1 aromatic carbocycles. The van der Waals surface area contributed by atoms with Gasteiger partial charge in [0.05, 0.1) is 34.5 Å². The molecule has 0 unspecified atom stereocenters. The Morgan fingerprint density at radius 3 is 2.18 bits per heavy atom. The van der Waals surface area contributed by atoms with E-state index in [2.05, 4.69) is 49.6 Å². The van der Waals surface area contributed by atoms with E-state index in [1.807, 2.05) is 0 Å². The molecule has 0 radical (unpaired) electrons. The van der Waals surface area contributed by atoms with E-state index in [4.69, 9.17) is 41.5 Å². The number of phosphoric acid groups is 1. The molecular weight excluding hydrogens is 586 g/mol. The topological polar surface area (TPSA) is 113 Å².